The van der Waals surface area contributed by atoms with Crippen molar-refractivity contribution in [1.29, 1.82) is 0 Å². The van der Waals surface area contributed by atoms with Crippen LogP contribution in [0.25, 0.3) is 0 Å². The van der Waals surface area contributed by atoms with Gasteiger partial charge < -0.3 is 20.5 Å². The Balaban J connectivity index is 0.00000312. The van der Waals surface area contributed by atoms with E-state index >= 15 is 0 Å². The number of nitrogens with zero attached hydrogens (tertiary/aromatic N) is 1. The Hall–Kier alpha value is -1.51. The minimum atomic E-state index is -0.428. The van der Waals surface area contributed by atoms with Crippen molar-refractivity contribution in [3.05, 3.63) is 29.3 Å². The molecule has 3 N–H and O–H groups in total. The van der Waals surface area contributed by atoms with E-state index in [2.05, 4.69) is 10.3 Å². The molecule has 0 aliphatic heterocycles. The van der Waals surface area contributed by atoms with Crippen LogP contribution in [-0.4, -0.2) is 32.2 Å². The van der Waals surface area contributed by atoms with Crippen molar-refractivity contribution in [3.8, 4) is 5.75 Å². The first-order valence-corrected chi connectivity index (χ1v) is 8.45. The molecule has 1 aliphatic rings. The van der Waals surface area contributed by atoms with Gasteiger partial charge in [-0.15, -0.1) is 24.0 Å². The lowest BCUT2D eigenvalue weighted by Crippen LogP contribution is -2.39. The average Bonchev–Trinajstić information content (AvgIpc) is 2.87. The zero-order valence-corrected chi connectivity index (χ0v) is 17.2. The highest BCUT2D eigenvalue weighted by atomic mass is 127. The molecule has 0 amide bonds. The highest BCUT2D eigenvalue weighted by Crippen LogP contribution is 2.21. The highest BCUT2D eigenvalue weighted by Gasteiger charge is 2.14. The van der Waals surface area contributed by atoms with E-state index in [4.69, 9.17) is 15.2 Å². The molecular formula is C18H28IN3O3. The quantitative estimate of drug-likeness (QED) is 0.231. The topological polar surface area (TPSA) is 85.9 Å². The van der Waals surface area contributed by atoms with Gasteiger partial charge in [-0.3, -0.25) is 0 Å². The van der Waals surface area contributed by atoms with Gasteiger partial charge in [0.05, 0.1) is 20.8 Å². The van der Waals surface area contributed by atoms with Gasteiger partial charge in [-0.1, -0.05) is 31.7 Å². The van der Waals surface area contributed by atoms with E-state index < -0.39 is 5.97 Å². The first-order chi connectivity index (χ1) is 11.6. The van der Waals surface area contributed by atoms with Crippen molar-refractivity contribution in [2.24, 2.45) is 10.7 Å². The number of nitrogens with one attached hydrogen (secondary N) is 1. The number of aliphatic imine (C=N–C) groups is 1. The minimum Gasteiger partial charge on any atom is -0.496 e. The largest absolute Gasteiger partial charge is 0.496 e. The summed E-state index contributed by atoms with van der Waals surface area (Å²) in [6, 6.07) is 5.75. The first kappa shape index (κ1) is 21.5. The standard InChI is InChI=1S/C18H27N3O3.HI/c1-23-16-10-9-13(11-15(16)17(22)24-2)12-20-18(19)21-14-7-5-3-4-6-8-14;/h9-11,14H,3-8,12H2,1-2H3,(H3,19,20,21);1H. The Bertz CT molecular complexity index is 585. The second-order valence-corrected chi connectivity index (χ2v) is 6.06. The van der Waals surface area contributed by atoms with Crippen molar-refractivity contribution >= 4 is 35.9 Å². The third-order valence-electron chi connectivity index (χ3n) is 4.31. The molecule has 7 heteroatoms. The number of benzene rings is 1. The Morgan fingerprint density at radius 1 is 1.24 bits per heavy atom. The molecule has 0 heterocycles. The molecule has 140 valence electrons. The van der Waals surface area contributed by atoms with Gasteiger partial charge in [0.25, 0.3) is 0 Å². The van der Waals surface area contributed by atoms with Crippen LogP contribution in [-0.2, 0) is 11.3 Å². The van der Waals surface area contributed by atoms with Crippen LogP contribution in [0, 0.1) is 0 Å². The fraction of sp³-hybridized carbons (Fsp3) is 0.556. The molecule has 0 atom stereocenters. The third-order valence-corrected chi connectivity index (χ3v) is 4.31. The number of carbonyl (C=O) groups excluding carboxylic acids is 1. The summed E-state index contributed by atoms with van der Waals surface area (Å²) < 4.78 is 9.97. The Morgan fingerprint density at radius 2 is 1.92 bits per heavy atom. The number of methoxy groups -OCH3 is 2. The van der Waals surface area contributed by atoms with E-state index in [0.717, 1.165) is 18.4 Å². The van der Waals surface area contributed by atoms with E-state index in [9.17, 15) is 4.79 Å². The van der Waals surface area contributed by atoms with E-state index in [1.165, 1.54) is 39.9 Å². The zero-order valence-electron chi connectivity index (χ0n) is 14.9. The van der Waals surface area contributed by atoms with Crippen LogP contribution >= 0.6 is 24.0 Å². The molecule has 0 spiro atoms. The normalized spacial score (nSPS) is 15.7. The second kappa shape index (κ2) is 11.2. The summed E-state index contributed by atoms with van der Waals surface area (Å²) in [7, 11) is 2.87. The SMILES string of the molecule is COC(=O)c1cc(CN=C(N)NC2CCCCCC2)ccc1OC.I. The second-order valence-electron chi connectivity index (χ2n) is 6.06. The van der Waals surface area contributed by atoms with Gasteiger partial charge in [-0.05, 0) is 30.5 Å². The molecular weight excluding hydrogens is 433 g/mol. The third kappa shape index (κ3) is 6.72. The van der Waals surface area contributed by atoms with Gasteiger partial charge in [0.2, 0.25) is 0 Å². The average molecular weight is 461 g/mol. The molecule has 0 unspecified atom stereocenters. The number of ether oxygens (including phenoxy) is 2. The molecule has 1 aromatic carbocycles. The van der Waals surface area contributed by atoms with Crippen LogP contribution in [0.5, 0.6) is 5.75 Å². The van der Waals surface area contributed by atoms with Gasteiger partial charge in [0.1, 0.15) is 11.3 Å². The van der Waals surface area contributed by atoms with Gasteiger partial charge >= 0.3 is 5.97 Å². The fourth-order valence-electron chi connectivity index (χ4n) is 2.98. The van der Waals surface area contributed by atoms with Crippen LogP contribution in [0.15, 0.2) is 23.2 Å². The van der Waals surface area contributed by atoms with Crippen molar-refractivity contribution in [2.75, 3.05) is 14.2 Å². The Morgan fingerprint density at radius 3 is 2.52 bits per heavy atom. The van der Waals surface area contributed by atoms with Crippen LogP contribution < -0.4 is 15.8 Å². The van der Waals surface area contributed by atoms with Crippen LogP contribution in [0.1, 0.15) is 54.4 Å². The molecule has 1 fully saturated rings. The van der Waals surface area contributed by atoms with E-state index in [1.807, 2.05) is 6.07 Å². The lowest BCUT2D eigenvalue weighted by atomic mass is 10.1. The number of hydrogen-bond donors (Lipinski definition) is 2. The molecule has 1 saturated carbocycles. The molecule has 0 saturated heterocycles. The predicted octanol–water partition coefficient (Wildman–Crippen LogP) is 3.23. The first-order valence-electron chi connectivity index (χ1n) is 8.45. The minimum absolute atomic E-state index is 0. The molecule has 25 heavy (non-hydrogen) atoms. The Kier molecular flexibility index (Phi) is 9.62. The summed E-state index contributed by atoms with van der Waals surface area (Å²) in [6.07, 6.45) is 7.38. The lowest BCUT2D eigenvalue weighted by molar-refractivity contribution is 0.0597. The van der Waals surface area contributed by atoms with E-state index in [0.29, 0.717) is 29.9 Å². The van der Waals surface area contributed by atoms with Crippen molar-refractivity contribution in [3.63, 3.8) is 0 Å². The van der Waals surface area contributed by atoms with Crippen LogP contribution in [0.2, 0.25) is 0 Å². The fourth-order valence-corrected chi connectivity index (χ4v) is 2.98. The molecule has 6 nitrogen and oxygen atoms in total. The van der Waals surface area contributed by atoms with Gasteiger partial charge in [0.15, 0.2) is 5.96 Å². The molecule has 1 aromatic rings. The summed E-state index contributed by atoms with van der Waals surface area (Å²) in [4.78, 5) is 16.2. The number of nitrogens with two attached hydrogens (primary N) is 1. The summed E-state index contributed by atoms with van der Waals surface area (Å²) in [5, 5.41) is 3.31. The van der Waals surface area contributed by atoms with Crippen LogP contribution in [0.3, 0.4) is 0 Å². The zero-order chi connectivity index (χ0) is 17.4. The van der Waals surface area contributed by atoms with Crippen molar-refractivity contribution in [2.45, 2.75) is 51.1 Å². The highest BCUT2D eigenvalue weighted by molar-refractivity contribution is 14.0. The molecule has 0 radical (unpaired) electrons. The van der Waals surface area contributed by atoms with E-state index in [1.54, 1.807) is 12.1 Å². The molecule has 0 aromatic heterocycles. The number of hydrogen-bond acceptors (Lipinski definition) is 4. The molecule has 2 rings (SSSR count). The van der Waals surface area contributed by atoms with Crippen molar-refractivity contribution < 1.29 is 14.3 Å². The van der Waals surface area contributed by atoms with Crippen LogP contribution in [0.4, 0.5) is 0 Å². The number of carbonyl (C=O) groups is 1. The lowest BCUT2D eigenvalue weighted by Gasteiger charge is -2.16. The summed E-state index contributed by atoms with van der Waals surface area (Å²) >= 11 is 0. The summed E-state index contributed by atoms with van der Waals surface area (Å²) in [5.74, 6) is 0.513. The predicted molar refractivity (Wildman–Crippen MR) is 110 cm³/mol. The number of esters is 1. The monoisotopic (exact) mass is 461 g/mol. The number of halogens is 1. The van der Waals surface area contributed by atoms with Crippen molar-refractivity contribution in [1.82, 2.24) is 5.32 Å². The summed E-state index contributed by atoms with van der Waals surface area (Å²) in [6.45, 7) is 0.402. The maximum Gasteiger partial charge on any atom is 0.341 e. The number of guanidine groups is 1. The molecule has 0 bridgehead atoms. The molecule has 1 aliphatic carbocycles. The smallest absolute Gasteiger partial charge is 0.341 e. The maximum absolute atomic E-state index is 11.8. The van der Waals surface area contributed by atoms with E-state index in [-0.39, 0.29) is 24.0 Å². The number of rotatable bonds is 5. The van der Waals surface area contributed by atoms with Gasteiger partial charge in [-0.2, -0.15) is 0 Å². The summed E-state index contributed by atoms with van der Waals surface area (Å²) in [5.41, 5.74) is 7.27. The van der Waals surface area contributed by atoms with Gasteiger partial charge in [-0.25, -0.2) is 9.79 Å². The van der Waals surface area contributed by atoms with Gasteiger partial charge in [0, 0.05) is 6.04 Å². The Labute approximate surface area is 166 Å². The maximum atomic E-state index is 11.8.